The summed E-state index contributed by atoms with van der Waals surface area (Å²) in [5.41, 5.74) is 3.32. The molecule has 0 spiro atoms. The zero-order chi connectivity index (χ0) is 23.2. The van der Waals surface area contributed by atoms with E-state index in [1.807, 2.05) is 60.7 Å². The number of nitrogens with one attached hydrogen (secondary N) is 1. The smallest absolute Gasteiger partial charge is 0.256 e. The van der Waals surface area contributed by atoms with Crippen LogP contribution in [-0.4, -0.2) is 32.6 Å². The number of ether oxygens (including phenoxy) is 2. The number of carbonyl (C=O) groups excluding carboxylic acids is 2. The van der Waals surface area contributed by atoms with E-state index in [1.54, 1.807) is 37.3 Å². The van der Waals surface area contributed by atoms with Gasteiger partial charge in [-0.25, -0.2) is 0 Å². The van der Waals surface area contributed by atoms with Gasteiger partial charge in [0, 0.05) is 29.8 Å². The van der Waals surface area contributed by atoms with Gasteiger partial charge in [-0.3, -0.25) is 9.59 Å². The molecule has 0 saturated carbocycles. The quantitative estimate of drug-likeness (QED) is 0.413. The second-order valence-corrected chi connectivity index (χ2v) is 7.66. The lowest BCUT2D eigenvalue weighted by Crippen LogP contribution is -2.24. The molecular weight excluding hydrogens is 416 g/mol. The van der Waals surface area contributed by atoms with Crippen molar-refractivity contribution in [1.29, 1.82) is 0 Å². The molecule has 0 atom stereocenters. The second kappa shape index (κ2) is 10.0. The van der Waals surface area contributed by atoms with Crippen LogP contribution in [0.5, 0.6) is 11.5 Å². The molecule has 4 rings (SSSR count). The van der Waals surface area contributed by atoms with E-state index in [-0.39, 0.29) is 11.8 Å². The van der Waals surface area contributed by atoms with Crippen LogP contribution < -0.4 is 19.7 Å². The maximum atomic E-state index is 13.4. The maximum absolute atomic E-state index is 13.4. The van der Waals surface area contributed by atoms with Crippen molar-refractivity contribution in [2.75, 3.05) is 31.0 Å². The predicted molar refractivity (Wildman–Crippen MR) is 131 cm³/mol. The fourth-order valence-electron chi connectivity index (χ4n) is 3.92. The SMILES string of the molecule is COc1ccccc1/C=C(/C(=O)Nc1ccc(OC)c(N2CCCC2=O)c1)c1ccccc1. The molecule has 0 radical (unpaired) electrons. The number of benzene rings is 3. The van der Waals surface area contributed by atoms with Crippen LogP contribution in [0.4, 0.5) is 11.4 Å². The molecule has 168 valence electrons. The van der Waals surface area contributed by atoms with Crippen molar-refractivity contribution in [1.82, 2.24) is 0 Å². The first-order chi connectivity index (χ1) is 16.1. The van der Waals surface area contributed by atoms with Crippen LogP contribution in [-0.2, 0) is 9.59 Å². The average Bonchev–Trinajstić information content (AvgIpc) is 3.28. The van der Waals surface area contributed by atoms with Crippen LogP contribution in [0.2, 0.25) is 0 Å². The molecule has 3 aromatic rings. The third kappa shape index (κ3) is 4.90. The first-order valence-corrected chi connectivity index (χ1v) is 10.8. The van der Waals surface area contributed by atoms with E-state index in [1.165, 1.54) is 0 Å². The zero-order valence-corrected chi connectivity index (χ0v) is 18.7. The largest absolute Gasteiger partial charge is 0.496 e. The fraction of sp³-hybridized carbons (Fsp3) is 0.185. The molecule has 0 aliphatic carbocycles. The summed E-state index contributed by atoms with van der Waals surface area (Å²) in [6.45, 7) is 0.634. The van der Waals surface area contributed by atoms with E-state index in [4.69, 9.17) is 9.47 Å². The third-order valence-electron chi connectivity index (χ3n) is 5.57. The Morgan fingerprint density at radius 2 is 1.67 bits per heavy atom. The number of anilines is 2. The molecule has 1 fully saturated rings. The van der Waals surface area contributed by atoms with Crippen molar-refractivity contribution < 1.29 is 19.1 Å². The Hall–Kier alpha value is -4.06. The highest BCUT2D eigenvalue weighted by atomic mass is 16.5. The molecule has 33 heavy (non-hydrogen) atoms. The van der Waals surface area contributed by atoms with Crippen LogP contribution in [0, 0.1) is 0 Å². The number of amides is 2. The van der Waals surface area contributed by atoms with Crippen molar-refractivity contribution in [3.05, 3.63) is 83.9 Å². The predicted octanol–water partition coefficient (Wildman–Crippen LogP) is 5.01. The van der Waals surface area contributed by atoms with Crippen LogP contribution in [0.3, 0.4) is 0 Å². The van der Waals surface area contributed by atoms with Gasteiger partial charge >= 0.3 is 0 Å². The number of nitrogens with zero attached hydrogens (tertiary/aromatic N) is 1. The molecule has 0 bridgehead atoms. The summed E-state index contributed by atoms with van der Waals surface area (Å²) in [6.07, 6.45) is 3.13. The summed E-state index contributed by atoms with van der Waals surface area (Å²) in [6, 6.07) is 22.3. The summed E-state index contributed by atoms with van der Waals surface area (Å²) in [5, 5.41) is 2.99. The van der Waals surface area contributed by atoms with Gasteiger partial charge in [-0.15, -0.1) is 0 Å². The van der Waals surface area contributed by atoms with Gasteiger partial charge in [-0.2, -0.15) is 0 Å². The van der Waals surface area contributed by atoms with Crippen molar-refractivity contribution in [2.45, 2.75) is 12.8 Å². The van der Waals surface area contributed by atoms with E-state index >= 15 is 0 Å². The Kier molecular flexibility index (Phi) is 6.74. The molecule has 6 heteroatoms. The van der Waals surface area contributed by atoms with Gasteiger partial charge in [0.25, 0.3) is 5.91 Å². The number of hydrogen-bond acceptors (Lipinski definition) is 4. The topological polar surface area (TPSA) is 67.9 Å². The van der Waals surface area contributed by atoms with Gasteiger partial charge in [0.1, 0.15) is 11.5 Å². The molecule has 0 aromatic heterocycles. The van der Waals surface area contributed by atoms with Gasteiger partial charge in [-0.1, -0.05) is 48.5 Å². The normalized spacial score (nSPS) is 13.7. The highest BCUT2D eigenvalue weighted by molar-refractivity contribution is 6.29. The standard InChI is InChI=1S/C27H26N2O4/c1-32-24-12-7-6-11-20(24)17-22(19-9-4-3-5-10-19)27(31)28-21-14-15-25(33-2)23(18-21)29-16-8-13-26(29)30/h3-7,9-12,14-15,17-18H,8,13,16H2,1-2H3,(H,28,31)/b22-17+. The molecule has 0 unspecified atom stereocenters. The number of carbonyl (C=O) groups is 2. The molecule has 1 saturated heterocycles. The molecule has 1 N–H and O–H groups in total. The maximum Gasteiger partial charge on any atom is 0.256 e. The highest BCUT2D eigenvalue weighted by Crippen LogP contribution is 2.34. The molecule has 3 aromatic carbocycles. The summed E-state index contributed by atoms with van der Waals surface area (Å²) in [7, 11) is 3.18. The summed E-state index contributed by atoms with van der Waals surface area (Å²) < 4.78 is 10.9. The van der Waals surface area contributed by atoms with E-state index in [9.17, 15) is 9.59 Å². The fourth-order valence-corrected chi connectivity index (χ4v) is 3.92. The zero-order valence-electron chi connectivity index (χ0n) is 18.7. The lowest BCUT2D eigenvalue weighted by molar-refractivity contribution is -0.117. The minimum Gasteiger partial charge on any atom is -0.496 e. The van der Waals surface area contributed by atoms with Crippen LogP contribution in [0.15, 0.2) is 72.8 Å². The lowest BCUT2D eigenvalue weighted by Gasteiger charge is -2.20. The van der Waals surface area contributed by atoms with Gasteiger partial charge in [0.2, 0.25) is 5.91 Å². The Labute approximate surface area is 193 Å². The first-order valence-electron chi connectivity index (χ1n) is 10.8. The van der Waals surface area contributed by atoms with Crippen molar-refractivity contribution in [3.8, 4) is 11.5 Å². The van der Waals surface area contributed by atoms with Gasteiger partial charge in [0.05, 0.1) is 19.9 Å². The molecule has 2 amide bonds. The van der Waals surface area contributed by atoms with Crippen molar-refractivity contribution >= 4 is 34.8 Å². The monoisotopic (exact) mass is 442 g/mol. The molecule has 1 aliphatic heterocycles. The molecular formula is C27H26N2O4. The number of para-hydroxylation sites is 1. The Morgan fingerprint density at radius 3 is 2.36 bits per heavy atom. The molecule has 6 nitrogen and oxygen atoms in total. The lowest BCUT2D eigenvalue weighted by atomic mass is 10.0. The van der Waals surface area contributed by atoms with Crippen molar-refractivity contribution in [3.63, 3.8) is 0 Å². The van der Waals surface area contributed by atoms with E-state index in [0.29, 0.717) is 41.4 Å². The number of methoxy groups -OCH3 is 2. The number of rotatable bonds is 7. The Bertz CT molecular complexity index is 1190. The van der Waals surface area contributed by atoms with Gasteiger partial charge in [-0.05, 0) is 42.3 Å². The highest BCUT2D eigenvalue weighted by Gasteiger charge is 2.25. The van der Waals surface area contributed by atoms with Gasteiger partial charge in [0.15, 0.2) is 0 Å². The van der Waals surface area contributed by atoms with Crippen LogP contribution in [0.1, 0.15) is 24.0 Å². The first kappa shape index (κ1) is 22.1. The van der Waals surface area contributed by atoms with E-state index < -0.39 is 0 Å². The van der Waals surface area contributed by atoms with Crippen LogP contribution in [0.25, 0.3) is 11.6 Å². The van der Waals surface area contributed by atoms with Crippen LogP contribution >= 0.6 is 0 Å². The minimum absolute atomic E-state index is 0.0535. The second-order valence-electron chi connectivity index (χ2n) is 7.66. The molecule has 1 heterocycles. The third-order valence-corrected chi connectivity index (χ3v) is 5.57. The summed E-state index contributed by atoms with van der Waals surface area (Å²) >= 11 is 0. The summed E-state index contributed by atoms with van der Waals surface area (Å²) in [4.78, 5) is 27.4. The van der Waals surface area contributed by atoms with E-state index in [2.05, 4.69) is 5.32 Å². The molecule has 1 aliphatic rings. The Morgan fingerprint density at radius 1 is 0.939 bits per heavy atom. The van der Waals surface area contributed by atoms with Gasteiger partial charge < -0.3 is 19.7 Å². The number of hydrogen-bond donors (Lipinski definition) is 1. The summed E-state index contributed by atoms with van der Waals surface area (Å²) in [5.74, 6) is 1.06. The minimum atomic E-state index is -0.268. The van der Waals surface area contributed by atoms with Crippen molar-refractivity contribution in [2.24, 2.45) is 0 Å². The van der Waals surface area contributed by atoms with E-state index in [0.717, 1.165) is 17.5 Å². The average molecular weight is 443 g/mol. The Balaban J connectivity index is 1.69.